The first-order valence-corrected chi connectivity index (χ1v) is 18.7. The highest BCUT2D eigenvalue weighted by Gasteiger charge is 2.17. The van der Waals surface area contributed by atoms with Crippen LogP contribution >= 0.6 is 0 Å². The van der Waals surface area contributed by atoms with Crippen LogP contribution in [0.25, 0.3) is 65.6 Å². The van der Waals surface area contributed by atoms with Gasteiger partial charge in [0.1, 0.15) is 0 Å². The van der Waals surface area contributed by atoms with Crippen LogP contribution in [0.2, 0.25) is 0 Å². The summed E-state index contributed by atoms with van der Waals surface area (Å²) in [6.07, 6.45) is 8.55. The van der Waals surface area contributed by atoms with Crippen LogP contribution in [0.4, 0.5) is 0 Å². The van der Waals surface area contributed by atoms with Gasteiger partial charge in [0.15, 0.2) is 0 Å². The molecule has 0 bridgehead atoms. The Hall–Kier alpha value is -6.62. The van der Waals surface area contributed by atoms with Crippen molar-refractivity contribution in [2.75, 3.05) is 13.6 Å². The highest BCUT2D eigenvalue weighted by molar-refractivity contribution is 6.18. The Morgan fingerprint density at radius 2 is 1.26 bits per heavy atom. The number of dihydropyridines is 1. The number of aromatic nitrogens is 2. The van der Waals surface area contributed by atoms with E-state index < -0.39 is 0 Å². The average Bonchev–Trinajstić information content (AvgIpc) is 3.72. The summed E-state index contributed by atoms with van der Waals surface area (Å²) < 4.78 is 4.72. The topological polar surface area (TPSA) is 33.9 Å². The molecule has 0 aliphatic carbocycles. The van der Waals surface area contributed by atoms with Gasteiger partial charge in [-0.25, -0.2) is 0 Å². The van der Waals surface area contributed by atoms with Crippen LogP contribution in [-0.4, -0.2) is 22.7 Å². The van der Waals surface area contributed by atoms with Gasteiger partial charge in [-0.15, -0.1) is 0 Å². The number of hydrogen-bond acceptors (Lipinski definition) is 2. The lowest BCUT2D eigenvalue weighted by Gasteiger charge is -2.19. The van der Waals surface area contributed by atoms with Crippen LogP contribution in [0.5, 0.6) is 0 Å². The van der Waals surface area contributed by atoms with Crippen molar-refractivity contribution < 1.29 is 0 Å². The van der Waals surface area contributed by atoms with E-state index in [0.29, 0.717) is 0 Å². The zero-order valence-electron chi connectivity index (χ0n) is 30.6. The molecule has 2 aromatic heterocycles. The highest BCUT2D eigenvalue weighted by Crippen LogP contribution is 2.38. The third-order valence-corrected chi connectivity index (χ3v) is 10.7. The summed E-state index contributed by atoms with van der Waals surface area (Å²) in [4.78, 5) is 0. The smallest absolute Gasteiger partial charge is 0.0562 e. The molecule has 2 N–H and O–H groups in total. The number of rotatable bonds is 6. The van der Waals surface area contributed by atoms with Gasteiger partial charge in [0.2, 0.25) is 0 Å². The Kier molecular flexibility index (Phi) is 8.88. The number of para-hydroxylation sites is 2. The minimum atomic E-state index is 0.179. The summed E-state index contributed by atoms with van der Waals surface area (Å²) >= 11 is 0. The van der Waals surface area contributed by atoms with Crippen LogP contribution < -0.4 is 10.6 Å². The number of allylic oxidation sites excluding steroid dienone is 2. The molecular formula is C50H42N4. The van der Waals surface area contributed by atoms with Gasteiger partial charge < -0.3 is 19.8 Å². The molecule has 1 aliphatic rings. The van der Waals surface area contributed by atoms with Crippen molar-refractivity contribution in [3.8, 4) is 5.69 Å². The third-order valence-electron chi connectivity index (χ3n) is 10.7. The minimum Gasteiger partial charge on any atom is -0.387 e. The molecule has 0 saturated carbocycles. The van der Waals surface area contributed by atoms with Crippen molar-refractivity contribution in [3.63, 3.8) is 0 Å². The molecule has 10 rings (SSSR count). The highest BCUT2D eigenvalue weighted by atomic mass is 15.0. The molecule has 1 atom stereocenters. The maximum atomic E-state index is 3.42. The molecule has 0 fully saturated rings. The van der Waals surface area contributed by atoms with Gasteiger partial charge in [-0.05, 0) is 88.8 Å². The number of aryl methyl sites for hydroxylation is 1. The maximum Gasteiger partial charge on any atom is 0.0562 e. The number of benzene rings is 7. The van der Waals surface area contributed by atoms with E-state index in [4.69, 9.17) is 0 Å². The number of likely N-dealkylation sites (N-methyl/N-ethyl adjacent to an activating group) is 1. The first-order valence-electron chi connectivity index (χ1n) is 18.7. The fourth-order valence-corrected chi connectivity index (χ4v) is 8.04. The Balaban J connectivity index is 0.000000150. The Morgan fingerprint density at radius 3 is 2.00 bits per heavy atom. The largest absolute Gasteiger partial charge is 0.387 e. The van der Waals surface area contributed by atoms with Gasteiger partial charge in [0, 0.05) is 46.3 Å². The van der Waals surface area contributed by atoms with E-state index in [1.54, 1.807) is 0 Å². The molecule has 3 heterocycles. The summed E-state index contributed by atoms with van der Waals surface area (Å²) in [5.74, 6) is 0. The fourth-order valence-electron chi connectivity index (χ4n) is 8.04. The third kappa shape index (κ3) is 6.07. The standard InChI is InChI=1S/C29H20N2.C21H22N2/c1-30-26-12-6-4-10-22(26)24-17-25-23-11-5-7-13-27(23)31(29(25)18-28(24)30)21-15-14-19-8-2-3-9-20(19)16-21;1-22-21(18-11-6-3-7-12-18)15-20(17-9-4-2-5-10-17)19-13-8-14-23-16-19/h2-18H,1H3;2-15,21-23H,16H2,1H3/b;20-15-. The van der Waals surface area contributed by atoms with Crippen LogP contribution in [-0.2, 0) is 7.05 Å². The van der Waals surface area contributed by atoms with Crippen molar-refractivity contribution >= 4 is 60.0 Å². The number of nitrogens with one attached hydrogen (secondary N) is 2. The van der Waals surface area contributed by atoms with Crippen molar-refractivity contribution in [1.29, 1.82) is 0 Å². The summed E-state index contributed by atoms with van der Waals surface area (Å²) in [6.45, 7) is 0.850. The Labute approximate surface area is 316 Å². The molecule has 54 heavy (non-hydrogen) atoms. The van der Waals surface area contributed by atoms with Gasteiger partial charge >= 0.3 is 0 Å². The normalized spacial score (nSPS) is 13.6. The molecule has 9 aromatic rings. The van der Waals surface area contributed by atoms with Crippen LogP contribution in [0.3, 0.4) is 0 Å². The van der Waals surface area contributed by atoms with Crippen LogP contribution in [0.1, 0.15) is 17.2 Å². The fraction of sp³-hybridized carbons (Fsp3) is 0.0800. The lowest BCUT2D eigenvalue weighted by atomic mass is 9.93. The Morgan fingerprint density at radius 1 is 0.611 bits per heavy atom. The lowest BCUT2D eigenvalue weighted by Crippen LogP contribution is -2.17. The van der Waals surface area contributed by atoms with Gasteiger partial charge in [0.25, 0.3) is 0 Å². The van der Waals surface area contributed by atoms with Crippen LogP contribution in [0.15, 0.2) is 194 Å². The summed E-state index contributed by atoms with van der Waals surface area (Å²) in [6, 6.07) is 58.8. The SMILES string of the molecule is CNC(/C=C(\C1=CC=CNC1)c1ccccc1)c1ccccc1.Cn1c2ccccc2c2cc3c4ccccc4n(-c4ccc5ccccc5c4)c3cc21. The lowest BCUT2D eigenvalue weighted by molar-refractivity contribution is 0.715. The quantitative estimate of drug-likeness (QED) is 0.181. The molecule has 1 unspecified atom stereocenters. The van der Waals surface area contributed by atoms with Crippen LogP contribution in [0, 0.1) is 0 Å². The number of fused-ring (bicyclic) bond motifs is 7. The zero-order chi connectivity index (χ0) is 36.4. The second-order valence-electron chi connectivity index (χ2n) is 13.9. The van der Waals surface area contributed by atoms with E-state index >= 15 is 0 Å². The second kappa shape index (κ2) is 14.4. The first kappa shape index (κ1) is 33.2. The predicted molar refractivity (Wildman–Crippen MR) is 230 cm³/mol. The van der Waals surface area contributed by atoms with Crippen molar-refractivity contribution in [2.24, 2.45) is 7.05 Å². The molecule has 0 amide bonds. The van der Waals surface area contributed by atoms with Crippen molar-refractivity contribution in [1.82, 2.24) is 19.8 Å². The first-order chi connectivity index (χ1) is 26.7. The van der Waals surface area contributed by atoms with Gasteiger partial charge in [-0.1, -0.05) is 140 Å². The van der Waals surface area contributed by atoms with Crippen molar-refractivity contribution in [2.45, 2.75) is 6.04 Å². The summed E-state index contributed by atoms with van der Waals surface area (Å²) in [7, 11) is 4.17. The zero-order valence-corrected chi connectivity index (χ0v) is 30.6. The van der Waals surface area contributed by atoms with E-state index in [-0.39, 0.29) is 6.04 Å². The molecule has 0 spiro atoms. The molecule has 262 valence electrons. The van der Waals surface area contributed by atoms with E-state index in [1.165, 1.54) is 82.3 Å². The maximum absolute atomic E-state index is 3.42. The molecule has 1 aliphatic heterocycles. The van der Waals surface area contributed by atoms with Gasteiger partial charge in [-0.3, -0.25) is 0 Å². The number of nitrogens with zero attached hydrogens (tertiary/aromatic N) is 2. The van der Waals surface area contributed by atoms with Gasteiger partial charge in [-0.2, -0.15) is 0 Å². The molecular weight excluding hydrogens is 657 g/mol. The predicted octanol–water partition coefficient (Wildman–Crippen LogP) is 11.7. The molecule has 4 nitrogen and oxygen atoms in total. The van der Waals surface area contributed by atoms with Gasteiger partial charge in [0.05, 0.1) is 22.6 Å². The summed E-state index contributed by atoms with van der Waals surface area (Å²) in [5.41, 5.74) is 11.3. The Bertz CT molecular complexity index is 2870. The minimum absolute atomic E-state index is 0.179. The van der Waals surface area contributed by atoms with E-state index in [0.717, 1.165) is 6.54 Å². The monoisotopic (exact) mass is 698 g/mol. The van der Waals surface area contributed by atoms with E-state index in [2.05, 4.69) is 209 Å². The van der Waals surface area contributed by atoms with Crippen molar-refractivity contribution in [3.05, 3.63) is 205 Å². The van der Waals surface area contributed by atoms with E-state index in [1.807, 2.05) is 13.2 Å². The molecule has 7 aromatic carbocycles. The summed E-state index contributed by atoms with van der Waals surface area (Å²) in [5, 5.41) is 14.5. The van der Waals surface area contributed by atoms with E-state index in [9.17, 15) is 0 Å². The average molecular weight is 699 g/mol. The second-order valence-corrected chi connectivity index (χ2v) is 13.9. The molecule has 0 saturated heterocycles. The molecule has 0 radical (unpaired) electrons. The number of hydrogen-bond donors (Lipinski definition) is 2. The molecule has 4 heteroatoms.